The Hall–Kier alpha value is -3.28. The summed E-state index contributed by atoms with van der Waals surface area (Å²) >= 11 is 0. The highest BCUT2D eigenvalue weighted by atomic mass is 16.5. The number of nitrogens with one attached hydrogen (secondary N) is 2. The van der Waals surface area contributed by atoms with Crippen molar-refractivity contribution in [3.8, 4) is 11.5 Å². The average molecular weight is 382 g/mol. The Morgan fingerprint density at radius 2 is 1.54 bits per heavy atom. The summed E-state index contributed by atoms with van der Waals surface area (Å²) in [4.78, 5) is 24.5. The van der Waals surface area contributed by atoms with Gasteiger partial charge in [-0.25, -0.2) is 0 Å². The molecule has 0 aliphatic carbocycles. The number of anilines is 1. The number of ether oxygens (including phenoxy) is 2. The summed E-state index contributed by atoms with van der Waals surface area (Å²) in [5, 5.41) is 5.51. The van der Waals surface area contributed by atoms with Crippen LogP contribution < -0.4 is 20.1 Å². The molecule has 0 aliphatic heterocycles. The molecule has 0 saturated heterocycles. The molecule has 0 unspecified atom stereocenters. The zero-order valence-electron chi connectivity index (χ0n) is 17.1. The van der Waals surface area contributed by atoms with Crippen molar-refractivity contribution in [2.24, 2.45) is 0 Å². The van der Waals surface area contributed by atoms with Gasteiger partial charge in [0.25, 0.3) is 5.91 Å². The molecule has 2 rings (SSSR count). The first-order chi connectivity index (χ1) is 13.2. The van der Waals surface area contributed by atoms with Gasteiger partial charge in [0.05, 0.1) is 14.2 Å². The van der Waals surface area contributed by atoms with Gasteiger partial charge in [0.1, 0.15) is 5.70 Å². The van der Waals surface area contributed by atoms with Gasteiger partial charge in [0.2, 0.25) is 5.91 Å². The average Bonchev–Trinajstić information content (AvgIpc) is 2.63. The molecule has 2 N–H and O–H groups in total. The van der Waals surface area contributed by atoms with E-state index in [0.717, 1.165) is 22.4 Å². The van der Waals surface area contributed by atoms with Crippen LogP contribution in [0.1, 0.15) is 29.2 Å². The van der Waals surface area contributed by atoms with Gasteiger partial charge in [-0.15, -0.1) is 0 Å². The Morgan fingerprint density at radius 1 is 0.929 bits per heavy atom. The lowest BCUT2D eigenvalue weighted by Gasteiger charge is -2.15. The molecule has 148 valence electrons. The Balaban J connectivity index is 2.39. The van der Waals surface area contributed by atoms with Crippen LogP contribution in [0.3, 0.4) is 0 Å². The van der Waals surface area contributed by atoms with Crippen molar-refractivity contribution in [3.63, 3.8) is 0 Å². The predicted molar refractivity (Wildman–Crippen MR) is 111 cm³/mol. The third-order valence-corrected chi connectivity index (χ3v) is 4.19. The minimum absolute atomic E-state index is 0.138. The highest BCUT2D eigenvalue weighted by Gasteiger charge is 2.15. The van der Waals surface area contributed by atoms with Crippen molar-refractivity contribution in [1.82, 2.24) is 5.32 Å². The zero-order valence-corrected chi connectivity index (χ0v) is 17.1. The van der Waals surface area contributed by atoms with E-state index in [1.54, 1.807) is 31.4 Å². The second kappa shape index (κ2) is 9.08. The van der Waals surface area contributed by atoms with E-state index in [0.29, 0.717) is 17.1 Å². The predicted octanol–water partition coefficient (Wildman–Crippen LogP) is 3.74. The zero-order chi connectivity index (χ0) is 20.8. The van der Waals surface area contributed by atoms with E-state index in [2.05, 4.69) is 10.6 Å². The van der Waals surface area contributed by atoms with Gasteiger partial charge in [0, 0.05) is 12.6 Å². The largest absolute Gasteiger partial charge is 0.493 e. The van der Waals surface area contributed by atoms with Crippen LogP contribution in [-0.2, 0) is 9.59 Å². The fraction of sp³-hybridized carbons (Fsp3) is 0.273. The number of amides is 2. The molecule has 2 aromatic carbocycles. The summed E-state index contributed by atoms with van der Waals surface area (Å²) in [5.74, 6) is 0.374. The fourth-order valence-electron chi connectivity index (χ4n) is 3.02. The second-order valence-electron chi connectivity index (χ2n) is 6.58. The van der Waals surface area contributed by atoms with E-state index in [-0.39, 0.29) is 11.6 Å². The van der Waals surface area contributed by atoms with Crippen LogP contribution in [0.5, 0.6) is 11.5 Å². The van der Waals surface area contributed by atoms with Crippen molar-refractivity contribution >= 4 is 23.6 Å². The standard InChI is InChI=1S/C22H26N2O4/c1-13-9-14(2)21(15(3)10-13)24-22(26)18(23-16(4)25)11-17-7-8-19(27-5)20(12-17)28-6/h7-12H,1-6H3,(H,23,25)(H,24,26)/b18-11-. The third-order valence-electron chi connectivity index (χ3n) is 4.19. The van der Waals surface area contributed by atoms with E-state index in [4.69, 9.17) is 9.47 Å². The van der Waals surface area contributed by atoms with Crippen LogP contribution in [0.4, 0.5) is 5.69 Å². The molecule has 0 fully saturated rings. The summed E-state index contributed by atoms with van der Waals surface area (Å²) in [6, 6.07) is 9.24. The van der Waals surface area contributed by atoms with Crippen molar-refractivity contribution in [3.05, 3.63) is 58.3 Å². The van der Waals surface area contributed by atoms with E-state index in [1.165, 1.54) is 14.0 Å². The molecule has 0 aromatic heterocycles. The number of benzene rings is 2. The quantitative estimate of drug-likeness (QED) is 0.746. The van der Waals surface area contributed by atoms with Gasteiger partial charge in [-0.3, -0.25) is 9.59 Å². The maximum Gasteiger partial charge on any atom is 0.272 e. The molecule has 0 heterocycles. The van der Waals surface area contributed by atoms with Gasteiger partial charge in [0.15, 0.2) is 11.5 Å². The SMILES string of the molecule is COc1ccc(/C=C(\NC(C)=O)C(=O)Nc2c(C)cc(C)cc2C)cc1OC. The van der Waals surface area contributed by atoms with E-state index in [1.807, 2.05) is 32.9 Å². The highest BCUT2D eigenvalue weighted by molar-refractivity contribution is 6.09. The lowest BCUT2D eigenvalue weighted by molar-refractivity contribution is -0.120. The molecule has 0 aliphatic rings. The number of carbonyl (C=O) groups is 2. The first-order valence-corrected chi connectivity index (χ1v) is 8.85. The molecule has 0 bridgehead atoms. The van der Waals surface area contributed by atoms with Gasteiger partial charge in [-0.2, -0.15) is 0 Å². The molecular weight excluding hydrogens is 356 g/mol. The van der Waals surface area contributed by atoms with Gasteiger partial charge >= 0.3 is 0 Å². The Labute approximate surface area is 165 Å². The van der Waals surface area contributed by atoms with Gasteiger partial charge in [-0.05, 0) is 55.7 Å². The number of methoxy groups -OCH3 is 2. The van der Waals surface area contributed by atoms with Crippen molar-refractivity contribution < 1.29 is 19.1 Å². The normalized spacial score (nSPS) is 11.0. The monoisotopic (exact) mass is 382 g/mol. The summed E-state index contributed by atoms with van der Waals surface area (Å²) in [6.45, 7) is 7.24. The second-order valence-corrected chi connectivity index (χ2v) is 6.58. The first-order valence-electron chi connectivity index (χ1n) is 8.85. The van der Waals surface area contributed by atoms with Gasteiger partial charge < -0.3 is 20.1 Å². The number of rotatable bonds is 6. The van der Waals surface area contributed by atoms with Crippen molar-refractivity contribution in [2.75, 3.05) is 19.5 Å². The third kappa shape index (κ3) is 5.13. The smallest absolute Gasteiger partial charge is 0.272 e. The Kier molecular flexibility index (Phi) is 6.82. The number of aryl methyl sites for hydroxylation is 3. The molecule has 2 aromatic rings. The van der Waals surface area contributed by atoms with Crippen molar-refractivity contribution in [1.29, 1.82) is 0 Å². The lowest BCUT2D eigenvalue weighted by atomic mass is 10.0. The number of carbonyl (C=O) groups excluding carboxylic acids is 2. The maximum absolute atomic E-state index is 12.9. The number of hydrogen-bond acceptors (Lipinski definition) is 4. The fourth-order valence-corrected chi connectivity index (χ4v) is 3.02. The Morgan fingerprint density at radius 3 is 2.07 bits per heavy atom. The lowest BCUT2D eigenvalue weighted by Crippen LogP contribution is -2.29. The van der Waals surface area contributed by atoms with E-state index >= 15 is 0 Å². The number of hydrogen-bond donors (Lipinski definition) is 2. The van der Waals surface area contributed by atoms with Crippen LogP contribution in [0.15, 0.2) is 36.0 Å². The van der Waals surface area contributed by atoms with E-state index in [9.17, 15) is 9.59 Å². The summed E-state index contributed by atoms with van der Waals surface area (Å²) < 4.78 is 10.5. The van der Waals surface area contributed by atoms with Gasteiger partial charge in [-0.1, -0.05) is 23.8 Å². The van der Waals surface area contributed by atoms with Crippen molar-refractivity contribution in [2.45, 2.75) is 27.7 Å². The molecule has 0 spiro atoms. The Bertz CT molecular complexity index is 909. The molecule has 0 saturated carbocycles. The first kappa shape index (κ1) is 21.0. The van der Waals surface area contributed by atoms with E-state index < -0.39 is 5.91 Å². The van der Waals surface area contributed by atoms with Crippen LogP contribution in [0.25, 0.3) is 6.08 Å². The topological polar surface area (TPSA) is 76.7 Å². The van der Waals surface area contributed by atoms with Crippen LogP contribution in [-0.4, -0.2) is 26.0 Å². The molecule has 2 amide bonds. The molecule has 6 nitrogen and oxygen atoms in total. The molecule has 0 radical (unpaired) electrons. The minimum atomic E-state index is -0.403. The summed E-state index contributed by atoms with van der Waals surface area (Å²) in [6.07, 6.45) is 1.59. The molecular formula is C22H26N2O4. The molecule has 6 heteroatoms. The summed E-state index contributed by atoms with van der Waals surface area (Å²) in [7, 11) is 3.09. The maximum atomic E-state index is 12.9. The van der Waals surface area contributed by atoms with Crippen LogP contribution in [0.2, 0.25) is 0 Å². The highest BCUT2D eigenvalue weighted by Crippen LogP contribution is 2.28. The minimum Gasteiger partial charge on any atom is -0.493 e. The molecule has 28 heavy (non-hydrogen) atoms. The summed E-state index contributed by atoms with van der Waals surface area (Å²) in [5.41, 5.74) is 4.60. The van der Waals surface area contributed by atoms with Crippen LogP contribution >= 0.6 is 0 Å². The molecule has 0 atom stereocenters. The van der Waals surface area contributed by atoms with Crippen LogP contribution in [0, 0.1) is 20.8 Å².